The fraction of sp³-hybridized carbons (Fsp3) is 0.258. The van der Waals surface area contributed by atoms with E-state index in [1.807, 2.05) is 17.8 Å². The van der Waals surface area contributed by atoms with E-state index in [1.54, 1.807) is 59.2 Å². The average molecular weight is 557 g/mol. The van der Waals surface area contributed by atoms with Crippen LogP contribution in [0.3, 0.4) is 0 Å². The first-order valence-electron chi connectivity index (χ1n) is 13.0. The van der Waals surface area contributed by atoms with Crippen LogP contribution in [-0.4, -0.2) is 28.0 Å². The van der Waals surface area contributed by atoms with E-state index in [2.05, 4.69) is 53.1 Å². The number of hydrogen-bond donors (Lipinski definition) is 2. The van der Waals surface area contributed by atoms with Crippen LogP contribution in [0, 0.1) is 0 Å². The largest absolute Gasteiger partial charge is 0.324 e. The molecule has 2 aliphatic rings. The predicted molar refractivity (Wildman–Crippen MR) is 161 cm³/mol. The molecule has 4 aromatic rings. The third kappa shape index (κ3) is 5.69. The van der Waals surface area contributed by atoms with Gasteiger partial charge in [-0.25, -0.2) is 0 Å². The summed E-state index contributed by atoms with van der Waals surface area (Å²) in [5.41, 5.74) is 11.8. The number of nitrogens with zero attached hydrogens (tertiary/aromatic N) is 2. The van der Waals surface area contributed by atoms with Crippen molar-refractivity contribution in [2.24, 2.45) is 5.73 Å². The van der Waals surface area contributed by atoms with E-state index in [1.165, 1.54) is 32.0 Å². The van der Waals surface area contributed by atoms with E-state index >= 15 is 0 Å². The molecule has 2 unspecified atom stereocenters. The number of hydrogen-bond acceptors (Lipinski definition) is 6. The number of benzene rings is 2. The number of thioether (sulfide) groups is 2. The molecule has 8 heteroatoms. The normalized spacial score (nSPS) is 17.1. The van der Waals surface area contributed by atoms with Crippen molar-refractivity contribution < 1.29 is 4.79 Å². The Hall–Kier alpha value is -3.33. The van der Waals surface area contributed by atoms with E-state index < -0.39 is 5.91 Å². The molecule has 3 N–H and O–H groups in total. The van der Waals surface area contributed by atoms with Gasteiger partial charge in [-0.3, -0.25) is 14.6 Å². The Balaban J connectivity index is 0.000000214. The molecule has 0 bridgehead atoms. The first-order chi connectivity index (χ1) is 19.0. The second kappa shape index (κ2) is 12.2. The van der Waals surface area contributed by atoms with Gasteiger partial charge in [0.05, 0.1) is 6.04 Å². The van der Waals surface area contributed by atoms with Crippen LogP contribution < -0.4 is 16.6 Å². The van der Waals surface area contributed by atoms with Gasteiger partial charge in [-0.05, 0) is 96.8 Å². The number of anilines is 1. The molecule has 0 fully saturated rings. The molecule has 6 nitrogen and oxygen atoms in total. The van der Waals surface area contributed by atoms with Crippen molar-refractivity contribution in [1.29, 1.82) is 0 Å². The number of fused-ring (bicyclic) bond motifs is 2. The van der Waals surface area contributed by atoms with E-state index in [9.17, 15) is 9.59 Å². The molecule has 0 saturated carbocycles. The Bertz CT molecular complexity index is 1540. The Kier molecular flexibility index (Phi) is 8.55. The van der Waals surface area contributed by atoms with Gasteiger partial charge in [0, 0.05) is 40.1 Å². The van der Waals surface area contributed by atoms with Gasteiger partial charge in [-0.1, -0.05) is 24.3 Å². The molecule has 200 valence electrons. The maximum absolute atomic E-state index is 13.0. The highest BCUT2D eigenvalue weighted by molar-refractivity contribution is 7.98. The molecule has 0 spiro atoms. The minimum absolute atomic E-state index is 0.0340. The van der Waals surface area contributed by atoms with E-state index in [0.29, 0.717) is 5.69 Å². The van der Waals surface area contributed by atoms with Crippen LogP contribution in [0.25, 0.3) is 0 Å². The number of nitrogens with two attached hydrogens (primary N) is 1. The molecule has 39 heavy (non-hydrogen) atoms. The average Bonchev–Trinajstić information content (AvgIpc) is 3.57. The number of aromatic nitrogens is 2. The zero-order valence-electron chi connectivity index (χ0n) is 22.1. The first-order valence-corrected chi connectivity index (χ1v) is 15.5. The minimum Gasteiger partial charge on any atom is -0.324 e. The van der Waals surface area contributed by atoms with Gasteiger partial charge in [-0.15, -0.1) is 23.5 Å². The highest BCUT2D eigenvalue weighted by atomic mass is 32.2. The van der Waals surface area contributed by atoms with Gasteiger partial charge in [0.15, 0.2) is 0 Å². The molecule has 6 rings (SSSR count). The minimum atomic E-state index is -0.406. The van der Waals surface area contributed by atoms with Crippen LogP contribution in [0.1, 0.15) is 57.5 Å². The molecule has 2 atom stereocenters. The number of amides is 1. The van der Waals surface area contributed by atoms with Crippen LogP contribution in [0.15, 0.2) is 93.8 Å². The number of carbonyl (C=O) groups excluding carboxylic acids is 1. The highest BCUT2D eigenvalue weighted by Crippen LogP contribution is 2.38. The Morgan fingerprint density at radius 1 is 0.897 bits per heavy atom. The van der Waals surface area contributed by atoms with Crippen molar-refractivity contribution in [3.8, 4) is 0 Å². The van der Waals surface area contributed by atoms with Gasteiger partial charge >= 0.3 is 0 Å². The Morgan fingerprint density at radius 3 is 2.23 bits per heavy atom. The summed E-state index contributed by atoms with van der Waals surface area (Å²) in [7, 11) is 0. The monoisotopic (exact) mass is 556 g/mol. The summed E-state index contributed by atoms with van der Waals surface area (Å²) in [6, 6.07) is 19.7. The summed E-state index contributed by atoms with van der Waals surface area (Å²) in [5, 5.41) is 2.76. The van der Waals surface area contributed by atoms with Crippen molar-refractivity contribution >= 4 is 35.1 Å². The summed E-state index contributed by atoms with van der Waals surface area (Å²) in [4.78, 5) is 32.2. The number of carbonyl (C=O) groups is 1. The summed E-state index contributed by atoms with van der Waals surface area (Å²) < 4.78 is 1.69. The number of pyridine rings is 2. The highest BCUT2D eigenvalue weighted by Gasteiger charge is 2.27. The molecule has 2 aromatic carbocycles. The fourth-order valence-electron chi connectivity index (χ4n) is 5.49. The summed E-state index contributed by atoms with van der Waals surface area (Å²) in [6.45, 7) is 0. The van der Waals surface area contributed by atoms with Gasteiger partial charge in [0.25, 0.3) is 11.5 Å². The standard InChI is InChI=1S/C21H19N3O2S.C10H13NS/c1-27-19-6-2-4-15-16(19)7-8-18(15)24-13-3-5-17(21(24)26)20(25)23-14-9-11-22-12-10-14;1-12-10-4-2-3-7-8(10)5-6-9(7)11/h2-6,9-13,18H,7-8H2,1H3,(H,22,23,25);2-4,9H,5-6,11H2,1H3. The summed E-state index contributed by atoms with van der Waals surface area (Å²) in [6.07, 6.45) is 13.2. The lowest BCUT2D eigenvalue weighted by molar-refractivity contribution is 0.102. The molecule has 1 amide bonds. The van der Waals surface area contributed by atoms with Gasteiger partial charge in [0.2, 0.25) is 0 Å². The smallest absolute Gasteiger partial charge is 0.263 e. The second-order valence-electron chi connectivity index (χ2n) is 9.58. The fourth-order valence-corrected chi connectivity index (χ4v) is 6.85. The Morgan fingerprint density at radius 2 is 1.54 bits per heavy atom. The SMILES string of the molecule is CSc1cccc2c1CCC2N.CSc1cccc2c1CCC2n1cccc(C(=O)Nc2ccncc2)c1=O. The summed E-state index contributed by atoms with van der Waals surface area (Å²) in [5.74, 6) is -0.406. The zero-order valence-corrected chi connectivity index (χ0v) is 23.7. The van der Waals surface area contributed by atoms with Crippen LogP contribution in [0.5, 0.6) is 0 Å². The molecule has 2 aliphatic carbocycles. The first kappa shape index (κ1) is 27.2. The lowest BCUT2D eigenvalue weighted by Crippen LogP contribution is -2.31. The second-order valence-corrected chi connectivity index (χ2v) is 11.3. The van der Waals surface area contributed by atoms with Gasteiger partial charge < -0.3 is 15.6 Å². The predicted octanol–water partition coefficient (Wildman–Crippen LogP) is 6.11. The lowest BCUT2D eigenvalue weighted by atomic mass is 10.1. The van der Waals surface area contributed by atoms with Crippen molar-refractivity contribution in [3.63, 3.8) is 0 Å². The Labute approximate surface area is 237 Å². The topological polar surface area (TPSA) is 90.0 Å². The third-order valence-electron chi connectivity index (χ3n) is 7.40. The van der Waals surface area contributed by atoms with Crippen molar-refractivity contribution in [2.45, 2.75) is 47.6 Å². The molecule has 0 aliphatic heterocycles. The molecular weight excluding hydrogens is 525 g/mol. The van der Waals surface area contributed by atoms with Gasteiger partial charge in [0.1, 0.15) is 5.56 Å². The van der Waals surface area contributed by atoms with E-state index in [-0.39, 0.29) is 23.2 Å². The van der Waals surface area contributed by atoms with Gasteiger partial charge in [-0.2, -0.15) is 0 Å². The van der Waals surface area contributed by atoms with Crippen LogP contribution in [0.2, 0.25) is 0 Å². The van der Waals surface area contributed by atoms with Crippen molar-refractivity contribution in [2.75, 3.05) is 17.8 Å². The molecule has 0 radical (unpaired) electrons. The summed E-state index contributed by atoms with van der Waals surface area (Å²) >= 11 is 3.55. The van der Waals surface area contributed by atoms with E-state index in [0.717, 1.165) is 25.7 Å². The number of rotatable bonds is 5. The maximum Gasteiger partial charge on any atom is 0.263 e. The van der Waals surface area contributed by atoms with E-state index in [4.69, 9.17) is 5.73 Å². The van der Waals surface area contributed by atoms with Crippen molar-refractivity contribution in [1.82, 2.24) is 9.55 Å². The maximum atomic E-state index is 13.0. The number of nitrogens with one attached hydrogen (secondary N) is 1. The van der Waals surface area contributed by atoms with Crippen LogP contribution in [0.4, 0.5) is 5.69 Å². The third-order valence-corrected chi connectivity index (χ3v) is 9.05. The quantitative estimate of drug-likeness (QED) is 0.289. The molecular formula is C31H32N4O2S2. The molecule has 2 aromatic heterocycles. The van der Waals surface area contributed by atoms with Crippen LogP contribution in [-0.2, 0) is 12.8 Å². The van der Waals surface area contributed by atoms with Crippen LogP contribution >= 0.6 is 23.5 Å². The zero-order chi connectivity index (χ0) is 27.4. The molecule has 0 saturated heterocycles. The lowest BCUT2D eigenvalue weighted by Gasteiger charge is -2.17. The molecule has 2 heterocycles. The van der Waals surface area contributed by atoms with Crippen molar-refractivity contribution in [3.05, 3.63) is 117 Å².